The molecule has 0 unspecified atom stereocenters. The monoisotopic (exact) mass is 815 g/mol. The fourth-order valence-electron chi connectivity index (χ4n) is 8.57. The Morgan fingerprint density at radius 2 is 1.73 bits per heavy atom. The van der Waals surface area contributed by atoms with Crippen LogP contribution in [-0.4, -0.2) is 69.9 Å². The van der Waals surface area contributed by atoms with Gasteiger partial charge in [0.15, 0.2) is 11.7 Å². The standard InChI is InChI=1S/C45H42FN5O9/c1-4-45(57)33-16-36-38-31(19-51(36)42(54)32(33)21-58-43(45)55)30(29-15-23(2)34(46)17-35(29)49-38)18-47-41(53)39(24-13-14-24)59-22-48-37(52)20-50(3)44(56)60-40-27-11-7-5-9-25(27)26-10-6-8-12-28(26)40/h5-12,15-17,24,39-40,57H,4,13-14,18-22H2,1-3H3,(H,47,53)(H,48,52)/t39-,45+/m1/s1. The van der Waals surface area contributed by atoms with E-state index in [0.29, 0.717) is 39.0 Å². The number of ether oxygens (including phenoxy) is 3. The number of esters is 1. The van der Waals surface area contributed by atoms with Gasteiger partial charge in [0.1, 0.15) is 31.8 Å². The third-order valence-corrected chi connectivity index (χ3v) is 12.1. The van der Waals surface area contributed by atoms with E-state index >= 15 is 0 Å². The van der Waals surface area contributed by atoms with E-state index in [1.807, 2.05) is 48.5 Å². The number of benzene rings is 3. The Morgan fingerprint density at radius 3 is 2.42 bits per heavy atom. The van der Waals surface area contributed by atoms with Crippen LogP contribution in [-0.2, 0) is 53.9 Å². The molecular weight excluding hydrogens is 774 g/mol. The first kappa shape index (κ1) is 39.0. The van der Waals surface area contributed by atoms with Gasteiger partial charge in [-0.2, -0.15) is 0 Å². The Labute approximate surface area is 343 Å². The normalized spacial score (nSPS) is 17.8. The van der Waals surface area contributed by atoms with Crippen molar-refractivity contribution in [1.82, 2.24) is 25.1 Å². The highest BCUT2D eigenvalue weighted by Crippen LogP contribution is 2.45. The van der Waals surface area contributed by atoms with Crippen LogP contribution in [0.5, 0.6) is 0 Å². The zero-order valence-corrected chi connectivity index (χ0v) is 33.2. The van der Waals surface area contributed by atoms with E-state index in [4.69, 9.17) is 19.2 Å². The van der Waals surface area contributed by atoms with Gasteiger partial charge in [-0.3, -0.25) is 14.4 Å². The van der Waals surface area contributed by atoms with Crippen molar-refractivity contribution >= 4 is 34.8 Å². The molecule has 2 aliphatic carbocycles. The van der Waals surface area contributed by atoms with Gasteiger partial charge in [0.2, 0.25) is 11.8 Å². The summed E-state index contributed by atoms with van der Waals surface area (Å²) in [6.45, 7) is 2.42. The number of aromatic nitrogens is 2. The zero-order chi connectivity index (χ0) is 42.0. The largest absolute Gasteiger partial charge is 0.458 e. The summed E-state index contributed by atoms with van der Waals surface area (Å²) in [7, 11) is 1.47. The molecule has 2 aromatic heterocycles. The third kappa shape index (κ3) is 6.57. The number of hydrogen-bond donors (Lipinski definition) is 3. The molecule has 3 aromatic carbocycles. The van der Waals surface area contributed by atoms with Crippen molar-refractivity contribution in [2.24, 2.45) is 5.92 Å². The average molecular weight is 816 g/mol. The lowest BCUT2D eigenvalue weighted by Crippen LogP contribution is -2.44. The first-order valence-corrected chi connectivity index (χ1v) is 19.9. The number of nitrogens with one attached hydrogen (secondary N) is 2. The van der Waals surface area contributed by atoms with Gasteiger partial charge in [-0.1, -0.05) is 55.5 Å². The number of pyridine rings is 2. The second-order valence-corrected chi connectivity index (χ2v) is 15.8. The highest BCUT2D eigenvalue weighted by Gasteiger charge is 2.46. The van der Waals surface area contributed by atoms with Gasteiger partial charge in [0.25, 0.3) is 5.56 Å². The Bertz CT molecular complexity index is 2670. The van der Waals surface area contributed by atoms with Gasteiger partial charge in [-0.25, -0.2) is 19.0 Å². The second kappa shape index (κ2) is 15.0. The predicted molar refractivity (Wildman–Crippen MR) is 215 cm³/mol. The highest BCUT2D eigenvalue weighted by atomic mass is 19.1. The van der Waals surface area contributed by atoms with Crippen LogP contribution >= 0.6 is 0 Å². The fraction of sp³-hybridized carbons (Fsp3) is 0.333. The van der Waals surface area contributed by atoms with E-state index in [0.717, 1.165) is 35.1 Å². The second-order valence-electron chi connectivity index (χ2n) is 15.8. The van der Waals surface area contributed by atoms with Crippen molar-refractivity contribution in [2.75, 3.05) is 20.3 Å². The SMILES string of the molecule is CC[C@@]1(O)C(=O)OCc2c1cc1n(c2=O)Cc2c-1nc1cc(F)c(C)cc1c2CNC(=O)[C@H](OCNC(=O)CN(C)C(=O)OC1c2ccccc2-c2ccccc21)C1CC1. The maximum atomic E-state index is 15.0. The number of nitrogens with zero attached hydrogens (tertiary/aromatic N) is 3. The number of cyclic esters (lactones) is 1. The van der Waals surface area contributed by atoms with E-state index < -0.39 is 53.1 Å². The Balaban J connectivity index is 0.878. The van der Waals surface area contributed by atoms with Gasteiger partial charge in [-0.05, 0) is 66.5 Å². The zero-order valence-electron chi connectivity index (χ0n) is 33.2. The molecular formula is C45H42FN5O9. The van der Waals surface area contributed by atoms with Crippen LogP contribution < -0.4 is 16.2 Å². The number of likely N-dealkylation sites (N-methyl/N-ethyl adjacent to an activating group) is 1. The van der Waals surface area contributed by atoms with Crippen molar-refractivity contribution in [3.05, 3.63) is 122 Å². The van der Waals surface area contributed by atoms with Crippen LogP contribution in [0, 0.1) is 18.7 Å². The Morgan fingerprint density at radius 1 is 1.03 bits per heavy atom. The lowest BCUT2D eigenvalue weighted by Gasteiger charge is -2.31. The van der Waals surface area contributed by atoms with E-state index in [1.54, 1.807) is 26.0 Å². The number of hydrogen-bond acceptors (Lipinski definition) is 10. The molecule has 3 N–H and O–H groups in total. The minimum atomic E-state index is -2.02. The number of halogens is 1. The molecule has 0 bridgehead atoms. The lowest BCUT2D eigenvalue weighted by molar-refractivity contribution is -0.172. The van der Waals surface area contributed by atoms with Crippen LogP contribution in [0.25, 0.3) is 33.4 Å². The summed E-state index contributed by atoms with van der Waals surface area (Å²) in [5, 5.41) is 17.5. The smallest absolute Gasteiger partial charge is 0.410 e. The third-order valence-electron chi connectivity index (χ3n) is 12.1. The number of aryl methyl sites for hydroxylation is 1. The molecule has 1 fully saturated rings. The van der Waals surface area contributed by atoms with Crippen molar-refractivity contribution in [3.8, 4) is 22.5 Å². The van der Waals surface area contributed by atoms with Crippen LogP contribution in [0.15, 0.2) is 71.5 Å². The number of amides is 3. The Kier molecular flexibility index (Phi) is 9.75. The maximum absolute atomic E-state index is 15.0. The van der Waals surface area contributed by atoms with E-state index in [9.17, 15) is 33.5 Å². The van der Waals surface area contributed by atoms with Gasteiger partial charge >= 0.3 is 12.1 Å². The van der Waals surface area contributed by atoms with E-state index in [1.165, 1.54) is 22.6 Å². The minimum Gasteiger partial charge on any atom is -0.458 e. The summed E-state index contributed by atoms with van der Waals surface area (Å²) in [4.78, 5) is 72.4. The van der Waals surface area contributed by atoms with Crippen LogP contribution in [0.2, 0.25) is 0 Å². The molecule has 4 aliphatic rings. The highest BCUT2D eigenvalue weighted by molar-refractivity contribution is 5.91. The molecule has 0 saturated heterocycles. The van der Waals surface area contributed by atoms with Gasteiger partial charge in [0.05, 0.1) is 29.0 Å². The number of carbonyl (C=O) groups is 4. The summed E-state index contributed by atoms with van der Waals surface area (Å²) < 4.78 is 33.5. The number of carbonyl (C=O) groups excluding carboxylic acids is 4. The maximum Gasteiger partial charge on any atom is 0.410 e. The molecule has 14 nitrogen and oxygen atoms in total. The number of aliphatic hydroxyl groups is 1. The minimum absolute atomic E-state index is 0.0179. The predicted octanol–water partition coefficient (Wildman–Crippen LogP) is 4.85. The van der Waals surface area contributed by atoms with Crippen LogP contribution in [0.1, 0.15) is 71.2 Å². The molecule has 0 spiro atoms. The van der Waals surface area contributed by atoms with E-state index in [2.05, 4.69) is 10.6 Å². The average Bonchev–Trinajstić information content (AvgIpc) is 3.95. The van der Waals surface area contributed by atoms with Crippen LogP contribution in [0.4, 0.5) is 9.18 Å². The lowest BCUT2D eigenvalue weighted by atomic mass is 9.86. The molecule has 2 atom stereocenters. The molecule has 308 valence electrons. The summed E-state index contributed by atoms with van der Waals surface area (Å²) in [6, 6.07) is 20.0. The van der Waals surface area contributed by atoms with Crippen molar-refractivity contribution in [2.45, 2.75) is 70.6 Å². The van der Waals surface area contributed by atoms with Crippen molar-refractivity contribution < 1.29 is 42.9 Å². The summed E-state index contributed by atoms with van der Waals surface area (Å²) in [6.07, 6.45) is -0.705. The summed E-state index contributed by atoms with van der Waals surface area (Å²) in [5.41, 5.74) is 4.21. The fourth-order valence-corrected chi connectivity index (χ4v) is 8.57. The molecule has 1 saturated carbocycles. The first-order chi connectivity index (χ1) is 28.9. The molecule has 9 rings (SSSR count). The topological polar surface area (TPSA) is 178 Å². The van der Waals surface area contributed by atoms with Crippen LogP contribution in [0.3, 0.4) is 0 Å². The molecule has 5 aromatic rings. The number of fused-ring (bicyclic) bond motifs is 8. The van der Waals surface area contributed by atoms with Gasteiger partial charge < -0.3 is 39.4 Å². The molecule has 3 amide bonds. The van der Waals surface area contributed by atoms with Crippen molar-refractivity contribution in [3.63, 3.8) is 0 Å². The summed E-state index contributed by atoms with van der Waals surface area (Å²) >= 11 is 0. The van der Waals surface area contributed by atoms with Gasteiger partial charge in [0, 0.05) is 47.3 Å². The molecule has 4 heterocycles. The molecule has 2 aliphatic heterocycles. The molecule has 60 heavy (non-hydrogen) atoms. The van der Waals surface area contributed by atoms with E-state index in [-0.39, 0.29) is 56.4 Å². The Hall–Kier alpha value is -6.45. The van der Waals surface area contributed by atoms with Gasteiger partial charge in [-0.15, -0.1) is 0 Å². The van der Waals surface area contributed by atoms with Crippen molar-refractivity contribution in [1.29, 1.82) is 0 Å². The number of rotatable bonds is 11. The first-order valence-electron chi connectivity index (χ1n) is 19.9. The quantitative estimate of drug-likeness (QED) is 0.121. The molecule has 15 heteroatoms. The molecule has 0 radical (unpaired) electrons. The summed E-state index contributed by atoms with van der Waals surface area (Å²) in [5.74, 6) is -2.34.